The fourth-order valence-corrected chi connectivity index (χ4v) is 2.25. The van der Waals surface area contributed by atoms with E-state index in [0.29, 0.717) is 0 Å². The molecule has 0 unspecified atom stereocenters. The third-order valence-corrected chi connectivity index (χ3v) is 3.33. The molecule has 76 valence electrons. The van der Waals surface area contributed by atoms with Crippen molar-refractivity contribution in [1.29, 1.82) is 0 Å². The van der Waals surface area contributed by atoms with E-state index in [1.807, 2.05) is 0 Å². The quantitative estimate of drug-likeness (QED) is 0.677. The lowest BCUT2D eigenvalue weighted by molar-refractivity contribution is 1.38. The minimum absolute atomic E-state index is 1.28. The van der Waals surface area contributed by atoms with Crippen molar-refractivity contribution < 1.29 is 0 Å². The molecule has 0 nitrogen and oxygen atoms in total. The van der Waals surface area contributed by atoms with Crippen molar-refractivity contribution in [2.24, 2.45) is 0 Å². The summed E-state index contributed by atoms with van der Waals surface area (Å²) in [6.45, 7) is 4.33. The van der Waals surface area contributed by atoms with Gasteiger partial charge >= 0.3 is 0 Å². The average molecular weight is 308 g/mol. The van der Waals surface area contributed by atoms with Gasteiger partial charge in [0.2, 0.25) is 0 Å². The monoisotopic (exact) mass is 308 g/mol. The maximum absolute atomic E-state index is 2.33. The van der Waals surface area contributed by atoms with Gasteiger partial charge in [-0.15, -0.1) is 0 Å². The first-order chi connectivity index (χ1) is 7.18. The molecule has 0 aromatic heterocycles. The van der Waals surface area contributed by atoms with E-state index in [1.165, 1.54) is 25.8 Å². The van der Waals surface area contributed by atoms with Crippen molar-refractivity contribution in [3.8, 4) is 11.1 Å². The summed E-state index contributed by atoms with van der Waals surface area (Å²) in [6.07, 6.45) is 0. The summed E-state index contributed by atoms with van der Waals surface area (Å²) in [5.41, 5.74) is 5.37. The van der Waals surface area contributed by atoms with Gasteiger partial charge in [0.15, 0.2) is 0 Å². The normalized spacial score (nSPS) is 10.3. The molecular weight excluding hydrogens is 295 g/mol. The fourth-order valence-electron chi connectivity index (χ4n) is 1.89. The van der Waals surface area contributed by atoms with Crippen molar-refractivity contribution in [1.82, 2.24) is 0 Å². The van der Waals surface area contributed by atoms with Gasteiger partial charge < -0.3 is 0 Å². The first-order valence-corrected chi connectivity index (χ1v) is 6.08. The van der Waals surface area contributed by atoms with Crippen LogP contribution in [0.15, 0.2) is 42.5 Å². The van der Waals surface area contributed by atoms with Gasteiger partial charge in [0.1, 0.15) is 0 Å². The van der Waals surface area contributed by atoms with Crippen LogP contribution in [0.5, 0.6) is 0 Å². The molecule has 0 aliphatic heterocycles. The molecule has 15 heavy (non-hydrogen) atoms. The summed E-state index contributed by atoms with van der Waals surface area (Å²) in [5, 5.41) is 0. The van der Waals surface area contributed by atoms with Crippen LogP contribution >= 0.6 is 22.6 Å². The number of hydrogen-bond donors (Lipinski definition) is 0. The van der Waals surface area contributed by atoms with Crippen LogP contribution in [0.25, 0.3) is 11.1 Å². The molecule has 0 saturated heterocycles. The Balaban J connectivity index is 2.58. The third kappa shape index (κ3) is 2.23. The zero-order valence-corrected chi connectivity index (χ0v) is 11.1. The Labute approximate surface area is 104 Å². The number of rotatable bonds is 1. The van der Waals surface area contributed by atoms with Crippen LogP contribution in [0.4, 0.5) is 0 Å². The van der Waals surface area contributed by atoms with E-state index in [0.717, 1.165) is 0 Å². The fraction of sp³-hybridized carbons (Fsp3) is 0.143. The van der Waals surface area contributed by atoms with Gasteiger partial charge in [-0.3, -0.25) is 0 Å². The molecule has 0 aliphatic rings. The molecule has 0 atom stereocenters. The maximum atomic E-state index is 2.33. The van der Waals surface area contributed by atoms with Crippen molar-refractivity contribution >= 4 is 22.6 Å². The van der Waals surface area contributed by atoms with Crippen molar-refractivity contribution in [2.45, 2.75) is 13.8 Å². The molecule has 0 bridgehead atoms. The minimum atomic E-state index is 1.28. The lowest BCUT2D eigenvalue weighted by atomic mass is 9.96. The summed E-state index contributed by atoms with van der Waals surface area (Å²) < 4.78 is 1.28. The zero-order chi connectivity index (χ0) is 10.8. The Morgan fingerprint density at radius 2 is 1.33 bits per heavy atom. The number of aryl methyl sites for hydroxylation is 2. The molecule has 0 amide bonds. The molecule has 0 fully saturated rings. The van der Waals surface area contributed by atoms with Crippen molar-refractivity contribution in [2.75, 3.05) is 0 Å². The molecule has 1 heteroatoms. The number of halogens is 1. The van der Waals surface area contributed by atoms with Crippen molar-refractivity contribution in [3.63, 3.8) is 0 Å². The van der Waals surface area contributed by atoms with Gasteiger partial charge in [0, 0.05) is 3.57 Å². The van der Waals surface area contributed by atoms with E-state index in [4.69, 9.17) is 0 Å². The molecule has 2 aromatic carbocycles. The van der Waals surface area contributed by atoms with Gasteiger partial charge in [0.25, 0.3) is 0 Å². The van der Waals surface area contributed by atoms with Crippen molar-refractivity contribution in [3.05, 3.63) is 57.2 Å². The minimum Gasteiger partial charge on any atom is -0.0617 e. The highest BCUT2D eigenvalue weighted by Gasteiger charge is 2.04. The van der Waals surface area contributed by atoms with Crippen LogP contribution in [0.1, 0.15) is 11.1 Å². The van der Waals surface area contributed by atoms with Crippen LogP contribution in [0.3, 0.4) is 0 Å². The zero-order valence-electron chi connectivity index (χ0n) is 8.92. The Kier molecular flexibility index (Phi) is 3.10. The summed E-state index contributed by atoms with van der Waals surface area (Å²) in [4.78, 5) is 0. The molecule has 0 aliphatic carbocycles. The smallest absolute Gasteiger partial charge is 0.0130 e. The number of hydrogen-bond acceptors (Lipinski definition) is 0. The number of benzene rings is 2. The topological polar surface area (TPSA) is 0 Å². The highest BCUT2D eigenvalue weighted by molar-refractivity contribution is 14.1. The second kappa shape index (κ2) is 4.35. The molecule has 2 rings (SSSR count). The van der Waals surface area contributed by atoms with E-state index >= 15 is 0 Å². The van der Waals surface area contributed by atoms with E-state index in [1.54, 1.807) is 0 Å². The molecule has 0 heterocycles. The summed E-state index contributed by atoms with van der Waals surface area (Å²) in [5.74, 6) is 0. The lowest BCUT2D eigenvalue weighted by Gasteiger charge is -2.09. The average Bonchev–Trinajstić information content (AvgIpc) is 2.20. The second-order valence-electron chi connectivity index (χ2n) is 3.77. The largest absolute Gasteiger partial charge is 0.0617 e. The van der Waals surface area contributed by atoms with E-state index in [-0.39, 0.29) is 0 Å². The SMILES string of the molecule is Cc1cccc(C)c1-c1ccc(I)cc1. The van der Waals surface area contributed by atoms with Gasteiger partial charge in [-0.05, 0) is 70.8 Å². The predicted molar refractivity (Wildman–Crippen MR) is 74.1 cm³/mol. The first-order valence-electron chi connectivity index (χ1n) is 5.00. The Morgan fingerprint density at radius 1 is 0.800 bits per heavy atom. The van der Waals surface area contributed by atoms with E-state index in [9.17, 15) is 0 Å². The Morgan fingerprint density at radius 3 is 1.87 bits per heavy atom. The molecule has 0 saturated carbocycles. The highest BCUT2D eigenvalue weighted by atomic mass is 127. The highest BCUT2D eigenvalue weighted by Crippen LogP contribution is 2.27. The van der Waals surface area contributed by atoms with Gasteiger partial charge in [0.05, 0.1) is 0 Å². The molecule has 0 N–H and O–H groups in total. The van der Waals surface area contributed by atoms with Gasteiger partial charge in [-0.1, -0.05) is 30.3 Å². The third-order valence-electron chi connectivity index (χ3n) is 2.61. The standard InChI is InChI=1S/C14H13I/c1-10-4-3-5-11(2)14(10)12-6-8-13(15)9-7-12/h3-9H,1-2H3. The van der Waals surface area contributed by atoms with Crippen LogP contribution < -0.4 is 0 Å². The lowest BCUT2D eigenvalue weighted by Crippen LogP contribution is -1.87. The van der Waals surface area contributed by atoms with Gasteiger partial charge in [-0.2, -0.15) is 0 Å². The maximum Gasteiger partial charge on any atom is 0.0130 e. The summed E-state index contributed by atoms with van der Waals surface area (Å²) in [6, 6.07) is 15.1. The van der Waals surface area contributed by atoms with Gasteiger partial charge in [-0.25, -0.2) is 0 Å². The van der Waals surface area contributed by atoms with Crippen LogP contribution in [-0.4, -0.2) is 0 Å². The molecule has 2 aromatic rings. The molecule has 0 radical (unpaired) electrons. The predicted octanol–water partition coefficient (Wildman–Crippen LogP) is 4.58. The van der Waals surface area contributed by atoms with Crippen LogP contribution in [0.2, 0.25) is 0 Å². The van der Waals surface area contributed by atoms with Crippen LogP contribution in [0, 0.1) is 17.4 Å². The molecule has 0 spiro atoms. The summed E-state index contributed by atoms with van der Waals surface area (Å²) in [7, 11) is 0. The molecular formula is C14H13I. The Bertz CT molecular complexity index is 449. The second-order valence-corrected chi connectivity index (χ2v) is 5.02. The van der Waals surface area contributed by atoms with Crippen LogP contribution in [-0.2, 0) is 0 Å². The van der Waals surface area contributed by atoms with E-state index in [2.05, 4.69) is 78.9 Å². The first kappa shape index (κ1) is 10.7. The summed E-state index contributed by atoms with van der Waals surface area (Å²) >= 11 is 2.33. The Hall–Kier alpha value is -0.830. The van der Waals surface area contributed by atoms with E-state index < -0.39 is 0 Å².